The van der Waals surface area contributed by atoms with Crippen molar-refractivity contribution in [2.45, 2.75) is 155 Å². The fourth-order valence-electron chi connectivity index (χ4n) is 12.7. The van der Waals surface area contributed by atoms with E-state index in [0.717, 1.165) is 21.1 Å². The standard InChI is InChI=1S/C24H27BrN5O8P.C15H17BrN2O4.C9H12BrNO3.C9H10BrNO3.C8H13NO3.C7H6BrNO2.C7H8BrNO2.C5H4BrNO.C4H11NOS.C2H5BrO.C2H4O.ClH/c1-2-36-23(32)29-8-6-24(7-9-29)11-18(17-10-20(25)26-12-19(17)38-24)27-22(31)16-5-3-4-15-13-30(28-21(15)16)14-37-39(33,34)35;1-2-21-14(20)18-5-3-15(4-6-18)8-11(19)10-7-13(16)17-9-12(10)22-15;2*1-6(12)7-3-9(10)11-4-8(7)14-5-13-2;1-2-12-8(11)9-5-3-7(10)4-6-9;1-4(10)5-2-7(8)9-3-6(5)11;1-10-5-11-6-2-3-7(8)9-4-6;6-5-2-1-4(8)3-7-5;1-4(2,3)7(5)6;1-4-2-3;1-2-3;/h3-5,10,12-13,18H,2,6-9,11,14H2,1H3,(H,27,31)(H2,33,34,35);7,9H,2-6,8H2,1H3;3-4,6,12H,5H2,1-2H3;3-4H,5H2,1-2H3;2-6H2,1H3;2-3,11H,1H3;2-4H,5H2,1H3;1-3,8H;5H2,1-3H3;2H2,1H3;2H,1H3;1H/t18-;;;;;;;;7-;;;/m0.......0.../s1. The predicted octanol–water partition coefficient (Wildman–Crippen LogP) is 18.2. The SMILES string of the molecule is CC(=O)c1cc(Br)ncc1O.CC(C)(C)[S@@](N)=O.CC=O.CCOC(=O)N1CCC(=O)CC1.CCOC(=O)N1CCC2(CC1)CC(=O)c1cc(Br)ncc1O2.CCOC(=O)N1CCC2(CC1)C[C@H](NC(=O)c1cccc3cn(COP(=O)(O)O)nc13)c1cc(Br)ncc1O2.COCBr.COCOc1ccc(Br)nc1.COCOc1cnc(Br)cc1C(C)=O.COCOc1cnc(Br)cc1C(C)O.Cl.Oc1ccc(Br)nc1. The van der Waals surface area contributed by atoms with Gasteiger partial charge in [-0.05, 0) is 241 Å². The Morgan fingerprint density at radius 2 is 1.05 bits per heavy atom. The number of halogens is 9. The van der Waals surface area contributed by atoms with Crippen LogP contribution in [0.15, 0.2) is 155 Å². The molecule has 1 aromatic carbocycles. The highest BCUT2D eigenvalue weighted by molar-refractivity contribution is 9.11. The van der Waals surface area contributed by atoms with Crippen molar-refractivity contribution >= 4 is 223 Å². The molecule has 2 spiro atoms. The number of ketones is 4. The van der Waals surface area contributed by atoms with Crippen molar-refractivity contribution in [2.24, 2.45) is 5.14 Å². The van der Waals surface area contributed by atoms with Crippen LogP contribution in [0.3, 0.4) is 0 Å². The number of likely N-dealkylation sites (tertiary alicyclic amines) is 3. The number of amides is 4. The van der Waals surface area contributed by atoms with Gasteiger partial charge in [-0.15, -0.1) is 12.4 Å². The second-order valence-corrected chi connectivity index (χ2v) is 40.6. The van der Waals surface area contributed by atoms with Gasteiger partial charge in [0.2, 0.25) is 0 Å². The lowest BCUT2D eigenvalue weighted by Crippen LogP contribution is -2.53. The van der Waals surface area contributed by atoms with E-state index in [9.17, 15) is 52.2 Å². The number of alkyl halides is 1. The lowest BCUT2D eigenvalue weighted by Gasteiger charge is -2.46. The normalized spacial score (nSPS) is 14.5. The molecule has 5 aliphatic rings. The molecule has 9 aromatic rings. The zero-order valence-corrected chi connectivity index (χ0v) is 97.3. The number of nitrogens with zero attached hydrogens (tertiary/aromatic N) is 12. The number of benzene rings is 1. The molecule has 1 unspecified atom stereocenters. The van der Waals surface area contributed by atoms with Crippen LogP contribution in [0.25, 0.3) is 10.9 Å². The zero-order valence-electron chi connectivity index (χ0n) is 82.1. The lowest BCUT2D eigenvalue weighted by atomic mass is 9.81. The van der Waals surface area contributed by atoms with Crippen LogP contribution in [-0.2, 0) is 69.6 Å². The number of phosphoric ester groups is 1. The second kappa shape index (κ2) is 68.0. The van der Waals surface area contributed by atoms with Crippen LogP contribution in [0, 0.1) is 0 Å². The highest BCUT2D eigenvalue weighted by atomic mass is 79.9. The fraction of sp³-hybridized carbons (Fsp3) is 0.446. The van der Waals surface area contributed by atoms with Gasteiger partial charge in [-0.2, -0.15) is 5.10 Å². The topological polar surface area (TPSA) is 565 Å². The van der Waals surface area contributed by atoms with Gasteiger partial charge in [-0.25, -0.2) is 62.7 Å². The maximum atomic E-state index is 13.6. The van der Waals surface area contributed by atoms with E-state index < -0.39 is 48.9 Å². The first-order chi connectivity index (χ1) is 68.6. The summed E-state index contributed by atoms with van der Waals surface area (Å²) in [5.41, 5.74) is 2.98. The van der Waals surface area contributed by atoms with Crippen LogP contribution < -0.4 is 34.1 Å². The van der Waals surface area contributed by atoms with Gasteiger partial charge in [0.1, 0.15) is 101 Å². The second-order valence-electron chi connectivity index (χ2n) is 31.4. The van der Waals surface area contributed by atoms with E-state index in [1.807, 2.05) is 39.0 Å². The molecule has 5 aliphatic heterocycles. The lowest BCUT2D eigenvalue weighted by molar-refractivity contribution is -0.121. The molecular weight excluding hydrogens is 2500 g/mol. The number of rotatable bonds is 21. The summed E-state index contributed by atoms with van der Waals surface area (Å²) in [6, 6.07) is 19.9. The molecule has 14 rings (SSSR count). The van der Waals surface area contributed by atoms with Crippen molar-refractivity contribution in [3.63, 3.8) is 0 Å². The number of carbonyl (C=O) groups excluding carboxylic acids is 9. The van der Waals surface area contributed by atoms with Gasteiger partial charge in [-0.3, -0.25) is 33.6 Å². The monoisotopic (exact) mass is 2610 g/mol. The maximum absolute atomic E-state index is 13.6. The minimum Gasteiger partial charge on any atom is -0.506 e. The molecule has 146 heavy (non-hydrogen) atoms. The van der Waals surface area contributed by atoms with Crippen molar-refractivity contribution in [3.05, 3.63) is 188 Å². The molecule has 3 fully saturated rings. The summed E-state index contributed by atoms with van der Waals surface area (Å²) >= 11 is 25.5. The molecule has 0 bridgehead atoms. The number of aldehydes is 1. The number of hydrogen-bond acceptors (Lipinski definition) is 35. The number of piperidine rings is 3. The summed E-state index contributed by atoms with van der Waals surface area (Å²) < 4.78 is 93.2. The Balaban J connectivity index is 0.000000443. The highest BCUT2D eigenvalue weighted by Crippen LogP contribution is 2.46. The molecule has 13 heterocycles. The Labute approximate surface area is 920 Å². The van der Waals surface area contributed by atoms with Crippen LogP contribution in [-0.4, -0.2) is 272 Å². The van der Waals surface area contributed by atoms with E-state index in [2.05, 4.69) is 182 Å². The van der Waals surface area contributed by atoms with Crippen molar-refractivity contribution in [1.29, 1.82) is 0 Å². The number of nitrogens with one attached hydrogen (secondary N) is 1. The first kappa shape index (κ1) is 131. The molecule has 4 amide bonds. The molecule has 8 aromatic heterocycles. The summed E-state index contributed by atoms with van der Waals surface area (Å²) in [5.74, 6) is 2.55. The summed E-state index contributed by atoms with van der Waals surface area (Å²) in [4.78, 5) is 153. The number of ether oxygens (including phenoxy) is 12. The molecule has 0 aliphatic carbocycles. The molecule has 0 saturated carbocycles. The largest absolute Gasteiger partial charge is 0.506 e. The van der Waals surface area contributed by atoms with E-state index in [1.165, 1.54) is 64.3 Å². The molecule has 8 N–H and O–H groups in total. The van der Waals surface area contributed by atoms with Gasteiger partial charge in [0.25, 0.3) is 5.91 Å². The van der Waals surface area contributed by atoms with E-state index >= 15 is 0 Å². The number of phosphoric acid groups is 1. The molecular formula is C92H118Br8ClN14O29PS. The molecule has 804 valence electrons. The summed E-state index contributed by atoms with van der Waals surface area (Å²) in [6.07, 6.45) is 15.4. The Bertz CT molecular complexity index is 5690. The van der Waals surface area contributed by atoms with E-state index in [0.29, 0.717) is 201 Å². The number of hydrogen-bond donors (Lipinski definition) is 7. The number of methoxy groups -OCH3 is 4. The maximum Gasteiger partial charge on any atom is 0.471 e. The number of aromatic nitrogens is 9. The van der Waals surface area contributed by atoms with E-state index in [1.54, 1.807) is 136 Å². The minimum absolute atomic E-state index is 0. The van der Waals surface area contributed by atoms with Gasteiger partial charge < -0.3 is 107 Å². The fourth-order valence-corrected chi connectivity index (χ4v) is 15.1. The van der Waals surface area contributed by atoms with Crippen LogP contribution >= 0.6 is 148 Å². The predicted molar refractivity (Wildman–Crippen MR) is 569 cm³/mol. The Hall–Kier alpha value is -8.88. The number of pyridine rings is 7. The average Bonchev–Trinajstić information content (AvgIpc) is 1.22. The van der Waals surface area contributed by atoms with Crippen LogP contribution in [0.5, 0.6) is 40.2 Å². The minimum atomic E-state index is -4.68. The summed E-state index contributed by atoms with van der Waals surface area (Å²) in [6.45, 7) is 20.9. The number of Topliss-reactive ketones (excluding diaryl/α,β-unsaturated/α-hetero) is 4. The smallest absolute Gasteiger partial charge is 0.471 e. The highest BCUT2D eigenvalue weighted by Gasteiger charge is 2.47. The third-order valence-corrected chi connectivity index (χ3v) is 24.9. The Morgan fingerprint density at radius 3 is 1.51 bits per heavy atom. The first-order valence-electron chi connectivity index (χ1n) is 43.8. The van der Waals surface area contributed by atoms with Crippen molar-refractivity contribution < 1.29 is 138 Å². The first-order valence-corrected chi connectivity index (χ1v) is 53.2. The zero-order chi connectivity index (χ0) is 108. The molecule has 43 nitrogen and oxygen atoms in total. The van der Waals surface area contributed by atoms with Gasteiger partial charge in [-0.1, -0.05) is 28.1 Å². The number of aliphatic hydroxyl groups is 1. The summed E-state index contributed by atoms with van der Waals surface area (Å²) in [7, 11) is 0.392. The van der Waals surface area contributed by atoms with Crippen molar-refractivity contribution in [1.82, 2.24) is 64.7 Å². The van der Waals surface area contributed by atoms with Gasteiger partial charge in [0.05, 0.1) is 120 Å². The van der Waals surface area contributed by atoms with Crippen molar-refractivity contribution in [3.8, 4) is 40.2 Å². The molecule has 3 saturated heterocycles. The van der Waals surface area contributed by atoms with Crippen LogP contribution in [0.2, 0.25) is 0 Å². The van der Waals surface area contributed by atoms with Gasteiger partial charge in [0.15, 0.2) is 50.2 Å². The molecule has 3 atom stereocenters. The number of aliphatic hydroxyl groups excluding tert-OH is 1. The van der Waals surface area contributed by atoms with Crippen molar-refractivity contribution in [2.75, 3.05) is 113 Å². The van der Waals surface area contributed by atoms with Crippen LogP contribution in [0.4, 0.5) is 14.4 Å². The third kappa shape index (κ3) is 47.5. The number of fused-ring (bicyclic) bond motifs is 3. The average molecular weight is 2620 g/mol. The van der Waals surface area contributed by atoms with Gasteiger partial charge >= 0.3 is 26.1 Å². The van der Waals surface area contributed by atoms with E-state index in [-0.39, 0.29) is 102 Å². The van der Waals surface area contributed by atoms with Crippen LogP contribution in [0.1, 0.15) is 185 Å². The quantitative estimate of drug-likeness (QED) is 0.00668. The van der Waals surface area contributed by atoms with Gasteiger partial charge in [0, 0.05) is 135 Å². The number of carbonyl (C=O) groups is 9. The Kier molecular flexibility index (Phi) is 61.2. The molecule has 54 heteroatoms. The number of nitrogens with two attached hydrogens (primary N) is 1. The number of aromatic hydroxyl groups is 2. The Morgan fingerprint density at radius 1 is 0.603 bits per heavy atom. The molecule has 0 radical (unpaired) electrons. The third-order valence-electron chi connectivity index (χ3n) is 19.7. The summed E-state index contributed by atoms with van der Waals surface area (Å²) in [5, 5.41) is 40.3. The van der Waals surface area contributed by atoms with E-state index in [4.69, 9.17) is 82.0 Å².